The van der Waals surface area contributed by atoms with E-state index in [0.29, 0.717) is 10.9 Å². The van der Waals surface area contributed by atoms with Crippen LogP contribution in [0, 0.1) is 0 Å². The highest BCUT2D eigenvalue weighted by atomic mass is 16.2. The highest BCUT2D eigenvalue weighted by Gasteiger charge is 2.29. The highest BCUT2D eigenvalue weighted by Crippen LogP contribution is 2.33. The van der Waals surface area contributed by atoms with Crippen molar-refractivity contribution >= 4 is 16.8 Å². The zero-order chi connectivity index (χ0) is 18.3. The Morgan fingerprint density at radius 3 is 3.00 bits per heavy atom. The predicted molar refractivity (Wildman–Crippen MR) is 97.7 cm³/mol. The molecule has 2 aromatic heterocycles. The second-order valence-electron chi connectivity index (χ2n) is 6.78. The van der Waals surface area contributed by atoms with Gasteiger partial charge in [-0.2, -0.15) is 5.10 Å². The van der Waals surface area contributed by atoms with Crippen LogP contribution in [0.3, 0.4) is 0 Å². The largest absolute Gasteiger partial charge is 0.337 e. The van der Waals surface area contributed by atoms with Crippen molar-refractivity contribution < 1.29 is 4.79 Å². The fraction of sp³-hybridized carbons (Fsp3) is 0.368. The lowest BCUT2D eigenvalue weighted by molar-refractivity contribution is -0.133. The Kier molecular flexibility index (Phi) is 4.06. The molecule has 2 heterocycles. The molecule has 0 aliphatic heterocycles. The summed E-state index contributed by atoms with van der Waals surface area (Å²) in [5, 5.41) is 4.86. The minimum Gasteiger partial charge on any atom is -0.337 e. The number of likely N-dealkylation sites (N-methyl/N-ethyl adjacent to an activating group) is 1. The molecule has 0 bridgehead atoms. The number of carbonyl (C=O) groups excluding carboxylic acids is 1. The number of para-hydroxylation sites is 1. The third kappa shape index (κ3) is 2.69. The molecule has 0 N–H and O–H groups in total. The number of benzene rings is 1. The number of hydrogen-bond acceptors (Lipinski definition) is 4. The molecule has 134 valence electrons. The van der Waals surface area contributed by atoms with Gasteiger partial charge in [-0.1, -0.05) is 12.1 Å². The Morgan fingerprint density at radius 1 is 1.35 bits per heavy atom. The number of aryl methyl sites for hydroxylation is 1. The van der Waals surface area contributed by atoms with Gasteiger partial charge in [-0.05, 0) is 31.4 Å². The summed E-state index contributed by atoms with van der Waals surface area (Å²) in [5.41, 5.74) is 2.74. The van der Waals surface area contributed by atoms with Crippen LogP contribution in [0.1, 0.15) is 30.1 Å². The van der Waals surface area contributed by atoms with Gasteiger partial charge in [-0.25, -0.2) is 4.98 Å². The number of aromatic nitrogens is 4. The fourth-order valence-electron chi connectivity index (χ4n) is 3.73. The normalized spacial score (nSPS) is 16.5. The van der Waals surface area contributed by atoms with Crippen molar-refractivity contribution in [3.05, 3.63) is 58.4 Å². The first-order valence-electron chi connectivity index (χ1n) is 8.77. The Hall–Kier alpha value is -2.96. The van der Waals surface area contributed by atoms with Gasteiger partial charge in [0.15, 0.2) is 0 Å². The van der Waals surface area contributed by atoms with Crippen LogP contribution in [0.25, 0.3) is 10.9 Å². The molecule has 26 heavy (non-hydrogen) atoms. The summed E-state index contributed by atoms with van der Waals surface area (Å²) in [7, 11) is 3.73. The molecule has 1 unspecified atom stereocenters. The van der Waals surface area contributed by atoms with Crippen molar-refractivity contribution in [1.82, 2.24) is 24.2 Å². The van der Waals surface area contributed by atoms with E-state index in [1.165, 1.54) is 16.6 Å². The second-order valence-corrected chi connectivity index (χ2v) is 6.78. The standard InChI is InChI=1S/C19H21N5O2/c1-22(16-8-5-9-17-14(16)10-21-23(17)2)18(25)11-24-12-20-15-7-4-3-6-13(15)19(24)26/h3-4,6-7,10,12,16H,5,8-9,11H2,1-2H3. The van der Waals surface area contributed by atoms with Crippen LogP contribution in [0.2, 0.25) is 0 Å². The Labute approximate surface area is 150 Å². The van der Waals surface area contributed by atoms with Crippen molar-refractivity contribution in [2.24, 2.45) is 7.05 Å². The number of fused-ring (bicyclic) bond motifs is 2. The summed E-state index contributed by atoms with van der Waals surface area (Å²) >= 11 is 0. The first-order valence-corrected chi connectivity index (χ1v) is 8.77. The topological polar surface area (TPSA) is 73.0 Å². The van der Waals surface area contributed by atoms with Gasteiger partial charge in [0.1, 0.15) is 6.54 Å². The minimum atomic E-state index is -0.192. The molecule has 3 aromatic rings. The maximum atomic E-state index is 12.8. The van der Waals surface area contributed by atoms with Gasteiger partial charge < -0.3 is 4.90 Å². The average Bonchev–Trinajstić information content (AvgIpc) is 3.05. The van der Waals surface area contributed by atoms with E-state index in [0.717, 1.165) is 24.8 Å². The smallest absolute Gasteiger partial charge is 0.261 e. The van der Waals surface area contributed by atoms with E-state index in [-0.39, 0.29) is 24.1 Å². The van der Waals surface area contributed by atoms with Crippen molar-refractivity contribution in [2.75, 3.05) is 7.05 Å². The number of nitrogens with zero attached hydrogens (tertiary/aromatic N) is 5. The highest BCUT2D eigenvalue weighted by molar-refractivity contribution is 5.79. The van der Waals surface area contributed by atoms with Crippen LogP contribution in [-0.4, -0.2) is 37.2 Å². The molecule has 1 amide bonds. The molecule has 0 saturated carbocycles. The molecule has 4 rings (SSSR count). The van der Waals surface area contributed by atoms with Crippen LogP contribution < -0.4 is 5.56 Å². The van der Waals surface area contributed by atoms with Gasteiger partial charge in [0, 0.05) is 25.4 Å². The van der Waals surface area contributed by atoms with Crippen LogP contribution >= 0.6 is 0 Å². The first kappa shape index (κ1) is 16.5. The zero-order valence-electron chi connectivity index (χ0n) is 14.9. The van der Waals surface area contributed by atoms with E-state index >= 15 is 0 Å². The van der Waals surface area contributed by atoms with Crippen molar-refractivity contribution in [2.45, 2.75) is 31.8 Å². The quantitative estimate of drug-likeness (QED) is 0.719. The molecular weight excluding hydrogens is 330 g/mol. The third-order valence-electron chi connectivity index (χ3n) is 5.24. The Bertz CT molecular complexity index is 1040. The van der Waals surface area contributed by atoms with E-state index < -0.39 is 0 Å². The predicted octanol–water partition coefficient (Wildman–Crippen LogP) is 1.67. The van der Waals surface area contributed by atoms with Crippen molar-refractivity contribution in [3.63, 3.8) is 0 Å². The molecule has 1 aliphatic carbocycles. The van der Waals surface area contributed by atoms with Gasteiger partial charge in [0.05, 0.1) is 29.5 Å². The molecule has 1 atom stereocenters. The lowest BCUT2D eigenvalue weighted by atomic mass is 9.92. The molecular formula is C19H21N5O2. The average molecular weight is 351 g/mol. The van der Waals surface area contributed by atoms with Crippen molar-refractivity contribution in [3.8, 4) is 0 Å². The Balaban J connectivity index is 1.59. The maximum Gasteiger partial charge on any atom is 0.261 e. The van der Waals surface area contributed by atoms with E-state index in [1.807, 2.05) is 24.0 Å². The molecule has 0 saturated heterocycles. The second kappa shape index (κ2) is 6.40. The van der Waals surface area contributed by atoms with E-state index in [4.69, 9.17) is 0 Å². The van der Waals surface area contributed by atoms with Crippen molar-refractivity contribution in [1.29, 1.82) is 0 Å². The summed E-state index contributed by atoms with van der Waals surface area (Å²) < 4.78 is 3.27. The minimum absolute atomic E-state index is 0.00377. The van der Waals surface area contributed by atoms with Gasteiger partial charge in [0.2, 0.25) is 5.91 Å². The number of carbonyl (C=O) groups is 1. The molecule has 7 heteroatoms. The van der Waals surface area contributed by atoms with E-state index in [9.17, 15) is 9.59 Å². The third-order valence-corrected chi connectivity index (χ3v) is 5.24. The monoisotopic (exact) mass is 351 g/mol. The van der Waals surface area contributed by atoms with Gasteiger partial charge >= 0.3 is 0 Å². The van der Waals surface area contributed by atoms with E-state index in [1.54, 1.807) is 30.1 Å². The van der Waals surface area contributed by atoms with Gasteiger partial charge in [-0.15, -0.1) is 0 Å². The lowest BCUT2D eigenvalue weighted by Gasteiger charge is -2.31. The molecule has 1 aromatic carbocycles. The molecule has 0 spiro atoms. The summed E-state index contributed by atoms with van der Waals surface area (Å²) in [6, 6.07) is 7.17. The summed E-state index contributed by atoms with van der Waals surface area (Å²) in [6.07, 6.45) is 6.22. The summed E-state index contributed by atoms with van der Waals surface area (Å²) in [5.74, 6) is -0.106. The Morgan fingerprint density at radius 2 is 2.15 bits per heavy atom. The summed E-state index contributed by atoms with van der Waals surface area (Å²) in [4.78, 5) is 31.5. The number of rotatable bonds is 3. The van der Waals surface area contributed by atoms with Crippen LogP contribution in [-0.2, 0) is 24.8 Å². The van der Waals surface area contributed by atoms with Crippen LogP contribution in [0.5, 0.6) is 0 Å². The van der Waals surface area contributed by atoms with Crippen LogP contribution in [0.4, 0.5) is 0 Å². The molecule has 1 aliphatic rings. The number of amides is 1. The van der Waals surface area contributed by atoms with E-state index in [2.05, 4.69) is 10.1 Å². The first-order chi connectivity index (χ1) is 12.6. The molecule has 7 nitrogen and oxygen atoms in total. The maximum absolute atomic E-state index is 12.8. The summed E-state index contributed by atoms with van der Waals surface area (Å²) in [6.45, 7) is -0.0146. The SMILES string of the molecule is CN(C(=O)Cn1cnc2ccccc2c1=O)C1CCCc2c1cnn2C. The van der Waals surface area contributed by atoms with Crippen LogP contribution in [0.15, 0.2) is 41.6 Å². The fourth-order valence-corrected chi connectivity index (χ4v) is 3.73. The van der Waals surface area contributed by atoms with Gasteiger partial charge in [-0.3, -0.25) is 18.8 Å². The lowest BCUT2D eigenvalue weighted by Crippen LogP contribution is -2.37. The molecule has 0 radical (unpaired) electrons. The zero-order valence-corrected chi connectivity index (χ0v) is 14.9. The molecule has 0 fully saturated rings. The number of hydrogen-bond donors (Lipinski definition) is 0. The van der Waals surface area contributed by atoms with Gasteiger partial charge in [0.25, 0.3) is 5.56 Å².